The molecule has 0 bridgehead atoms. The van der Waals surface area contributed by atoms with Crippen LogP contribution < -0.4 is 0 Å². The van der Waals surface area contributed by atoms with Crippen LogP contribution in [0.5, 0.6) is 0 Å². The molecule has 1 atom stereocenters. The fourth-order valence-electron chi connectivity index (χ4n) is 3.11. The minimum absolute atomic E-state index is 0.408. The van der Waals surface area contributed by atoms with Crippen molar-refractivity contribution in [3.05, 3.63) is 0 Å². The van der Waals surface area contributed by atoms with Crippen molar-refractivity contribution >= 4 is 0 Å². The number of hydrogen-bond donors (Lipinski definition) is 1. The molecule has 0 saturated carbocycles. The van der Waals surface area contributed by atoms with Gasteiger partial charge in [-0.15, -0.1) is 0 Å². The van der Waals surface area contributed by atoms with E-state index in [9.17, 15) is 5.11 Å². The van der Waals surface area contributed by atoms with Crippen LogP contribution in [-0.2, 0) is 4.74 Å². The Labute approximate surface area is 152 Å². The van der Waals surface area contributed by atoms with Crippen molar-refractivity contribution in [2.75, 3.05) is 19.8 Å². The lowest BCUT2D eigenvalue weighted by Crippen LogP contribution is -2.06. The van der Waals surface area contributed by atoms with Gasteiger partial charge in [0.1, 0.15) is 0 Å². The lowest BCUT2D eigenvalue weighted by atomic mass is 9.95. The number of epoxide rings is 1. The SMILES string of the molecule is C1CO1.CCCCCCCCCCC(CO)CCCCCCCC. The van der Waals surface area contributed by atoms with Gasteiger partial charge in [-0.1, -0.05) is 104 Å². The Hall–Kier alpha value is -0.0800. The van der Waals surface area contributed by atoms with Crippen LogP contribution in [0, 0.1) is 5.92 Å². The fourth-order valence-corrected chi connectivity index (χ4v) is 3.11. The molecule has 1 unspecified atom stereocenters. The second-order valence-corrected chi connectivity index (χ2v) is 7.48. The van der Waals surface area contributed by atoms with Crippen molar-refractivity contribution in [2.45, 2.75) is 117 Å². The summed E-state index contributed by atoms with van der Waals surface area (Å²) in [5.41, 5.74) is 0. The Balaban J connectivity index is 0.00000157. The summed E-state index contributed by atoms with van der Waals surface area (Å²) in [5, 5.41) is 9.47. The largest absolute Gasteiger partial charge is 0.396 e. The third-order valence-electron chi connectivity index (χ3n) is 4.89. The van der Waals surface area contributed by atoms with Crippen LogP contribution in [-0.4, -0.2) is 24.9 Å². The molecule has 2 nitrogen and oxygen atoms in total. The van der Waals surface area contributed by atoms with E-state index in [0.29, 0.717) is 12.5 Å². The maximum Gasteiger partial charge on any atom is 0.0701 e. The Morgan fingerprint density at radius 3 is 1.25 bits per heavy atom. The highest BCUT2D eigenvalue weighted by Gasteiger charge is 2.06. The molecular weight excluding hydrogens is 296 g/mol. The second kappa shape index (κ2) is 21.0. The van der Waals surface area contributed by atoms with Gasteiger partial charge >= 0.3 is 0 Å². The van der Waals surface area contributed by atoms with Crippen LogP contribution in [0.2, 0.25) is 0 Å². The molecular formula is C22H46O2. The molecule has 1 heterocycles. The Bertz CT molecular complexity index is 213. The number of aliphatic hydroxyl groups excluding tert-OH is 1. The molecule has 1 saturated heterocycles. The summed E-state index contributed by atoms with van der Waals surface area (Å²) in [4.78, 5) is 0. The molecule has 0 amide bonds. The third kappa shape index (κ3) is 21.9. The van der Waals surface area contributed by atoms with E-state index in [-0.39, 0.29) is 0 Å². The van der Waals surface area contributed by atoms with E-state index >= 15 is 0 Å². The van der Waals surface area contributed by atoms with Gasteiger partial charge in [-0.2, -0.15) is 0 Å². The van der Waals surface area contributed by atoms with Gasteiger partial charge in [0.05, 0.1) is 13.2 Å². The van der Waals surface area contributed by atoms with Crippen LogP contribution in [0.3, 0.4) is 0 Å². The van der Waals surface area contributed by atoms with Gasteiger partial charge in [-0.3, -0.25) is 0 Å². The highest BCUT2D eigenvalue weighted by molar-refractivity contribution is 4.59. The summed E-state index contributed by atoms with van der Waals surface area (Å²) >= 11 is 0. The standard InChI is InChI=1S/C20H42O.C2H4O/c1-3-5-7-9-11-12-14-16-18-20(19-21)17-15-13-10-8-6-4-2;1-2-3-1/h20-21H,3-19H2,1-2H3;1-2H2. The van der Waals surface area contributed by atoms with Crippen LogP contribution >= 0.6 is 0 Å². The molecule has 2 heteroatoms. The molecule has 1 aliphatic heterocycles. The van der Waals surface area contributed by atoms with E-state index < -0.39 is 0 Å². The van der Waals surface area contributed by atoms with E-state index in [1.54, 1.807) is 0 Å². The van der Waals surface area contributed by atoms with Gasteiger partial charge in [0, 0.05) is 6.61 Å². The summed E-state index contributed by atoms with van der Waals surface area (Å²) in [6.45, 7) is 6.95. The summed E-state index contributed by atoms with van der Waals surface area (Å²) in [5.74, 6) is 0.580. The normalized spacial score (nSPS) is 14.1. The molecule has 1 N–H and O–H groups in total. The zero-order valence-electron chi connectivity index (χ0n) is 16.9. The number of ether oxygens (including phenoxy) is 1. The van der Waals surface area contributed by atoms with E-state index in [1.165, 1.54) is 103 Å². The number of hydrogen-bond acceptors (Lipinski definition) is 2. The van der Waals surface area contributed by atoms with Gasteiger partial charge in [0.15, 0.2) is 0 Å². The first-order chi connectivity index (χ1) is 11.8. The van der Waals surface area contributed by atoms with Crippen molar-refractivity contribution in [1.29, 1.82) is 0 Å². The predicted octanol–water partition coefficient (Wildman–Crippen LogP) is 6.89. The van der Waals surface area contributed by atoms with E-state index in [4.69, 9.17) is 0 Å². The molecule has 0 aliphatic carbocycles. The molecule has 0 aromatic heterocycles. The van der Waals surface area contributed by atoms with Gasteiger partial charge in [0.25, 0.3) is 0 Å². The molecule has 0 aromatic carbocycles. The Morgan fingerprint density at radius 1 is 0.625 bits per heavy atom. The van der Waals surface area contributed by atoms with Gasteiger partial charge in [-0.05, 0) is 18.8 Å². The molecule has 146 valence electrons. The zero-order valence-corrected chi connectivity index (χ0v) is 16.9. The Kier molecular flexibility index (Phi) is 20.9. The van der Waals surface area contributed by atoms with Gasteiger partial charge in [0.2, 0.25) is 0 Å². The maximum absolute atomic E-state index is 9.47. The van der Waals surface area contributed by atoms with Crippen molar-refractivity contribution in [1.82, 2.24) is 0 Å². The van der Waals surface area contributed by atoms with Crippen molar-refractivity contribution in [3.63, 3.8) is 0 Å². The topological polar surface area (TPSA) is 32.8 Å². The van der Waals surface area contributed by atoms with E-state index in [1.807, 2.05) is 0 Å². The Morgan fingerprint density at radius 2 is 0.958 bits per heavy atom. The predicted molar refractivity (Wildman–Crippen MR) is 107 cm³/mol. The zero-order chi connectivity index (χ0) is 17.7. The highest BCUT2D eigenvalue weighted by Crippen LogP contribution is 2.18. The summed E-state index contributed by atoms with van der Waals surface area (Å²) < 4.78 is 4.50. The molecule has 0 aromatic rings. The number of unbranched alkanes of at least 4 members (excludes halogenated alkanes) is 12. The van der Waals surface area contributed by atoms with Gasteiger partial charge < -0.3 is 9.84 Å². The number of rotatable bonds is 17. The minimum atomic E-state index is 0.408. The fraction of sp³-hybridized carbons (Fsp3) is 1.00. The third-order valence-corrected chi connectivity index (χ3v) is 4.89. The van der Waals surface area contributed by atoms with E-state index in [0.717, 1.165) is 13.2 Å². The molecule has 1 rings (SSSR count). The summed E-state index contributed by atoms with van der Waals surface area (Å²) in [6.07, 6.45) is 21.8. The molecule has 1 fully saturated rings. The molecule has 0 radical (unpaired) electrons. The average molecular weight is 343 g/mol. The molecule has 1 aliphatic rings. The monoisotopic (exact) mass is 342 g/mol. The van der Waals surface area contributed by atoms with Crippen LogP contribution in [0.4, 0.5) is 0 Å². The highest BCUT2D eigenvalue weighted by atomic mass is 16.6. The number of aliphatic hydroxyl groups is 1. The molecule has 0 spiro atoms. The first kappa shape index (κ1) is 23.9. The van der Waals surface area contributed by atoms with Crippen molar-refractivity contribution < 1.29 is 9.84 Å². The van der Waals surface area contributed by atoms with Gasteiger partial charge in [-0.25, -0.2) is 0 Å². The smallest absolute Gasteiger partial charge is 0.0701 e. The minimum Gasteiger partial charge on any atom is -0.396 e. The van der Waals surface area contributed by atoms with Crippen LogP contribution in [0.15, 0.2) is 0 Å². The first-order valence-electron chi connectivity index (χ1n) is 11.0. The quantitative estimate of drug-likeness (QED) is 0.230. The van der Waals surface area contributed by atoms with Crippen LogP contribution in [0.1, 0.15) is 117 Å². The van der Waals surface area contributed by atoms with Crippen molar-refractivity contribution in [2.24, 2.45) is 5.92 Å². The lowest BCUT2D eigenvalue weighted by Gasteiger charge is -2.13. The summed E-state index contributed by atoms with van der Waals surface area (Å²) in [6, 6.07) is 0. The van der Waals surface area contributed by atoms with Crippen LogP contribution in [0.25, 0.3) is 0 Å². The average Bonchev–Trinajstić information content (AvgIpc) is 3.47. The lowest BCUT2D eigenvalue weighted by molar-refractivity contribution is 0.204. The van der Waals surface area contributed by atoms with E-state index in [2.05, 4.69) is 18.6 Å². The second-order valence-electron chi connectivity index (χ2n) is 7.48. The maximum atomic E-state index is 9.47. The summed E-state index contributed by atoms with van der Waals surface area (Å²) in [7, 11) is 0. The molecule has 24 heavy (non-hydrogen) atoms. The first-order valence-corrected chi connectivity index (χ1v) is 11.0. The van der Waals surface area contributed by atoms with Crippen molar-refractivity contribution in [3.8, 4) is 0 Å².